The third kappa shape index (κ3) is 2.68. The summed E-state index contributed by atoms with van der Waals surface area (Å²) in [6.07, 6.45) is 3.35. The zero-order valence-electron chi connectivity index (χ0n) is 10.1. The van der Waals surface area contributed by atoms with Crippen LogP contribution in [0.1, 0.15) is 30.4 Å². The molecule has 18 heavy (non-hydrogen) atoms. The SMILES string of the molecule is CC(C)n1cccc1C(=O)Nc1nccc(Cl)n1. The van der Waals surface area contributed by atoms with E-state index in [2.05, 4.69) is 15.3 Å². The molecular weight excluding hydrogens is 252 g/mol. The highest BCUT2D eigenvalue weighted by Crippen LogP contribution is 2.13. The van der Waals surface area contributed by atoms with Crippen LogP contribution in [-0.4, -0.2) is 20.4 Å². The van der Waals surface area contributed by atoms with Gasteiger partial charge < -0.3 is 4.57 Å². The van der Waals surface area contributed by atoms with Gasteiger partial charge in [0.2, 0.25) is 5.95 Å². The summed E-state index contributed by atoms with van der Waals surface area (Å²) in [4.78, 5) is 19.9. The van der Waals surface area contributed by atoms with Crippen molar-refractivity contribution in [1.82, 2.24) is 14.5 Å². The summed E-state index contributed by atoms with van der Waals surface area (Å²) in [6, 6.07) is 5.34. The zero-order chi connectivity index (χ0) is 13.1. The lowest BCUT2D eigenvalue weighted by Crippen LogP contribution is -2.19. The fraction of sp³-hybridized carbons (Fsp3) is 0.250. The van der Waals surface area contributed by atoms with E-state index in [1.807, 2.05) is 30.7 Å². The van der Waals surface area contributed by atoms with Gasteiger partial charge in [-0.1, -0.05) is 11.6 Å². The van der Waals surface area contributed by atoms with E-state index in [9.17, 15) is 4.79 Å². The molecule has 0 aliphatic rings. The van der Waals surface area contributed by atoms with Gasteiger partial charge in [0, 0.05) is 18.4 Å². The van der Waals surface area contributed by atoms with Crippen LogP contribution in [0.25, 0.3) is 0 Å². The molecule has 0 unspecified atom stereocenters. The molecule has 0 fully saturated rings. The van der Waals surface area contributed by atoms with Gasteiger partial charge in [-0.2, -0.15) is 0 Å². The summed E-state index contributed by atoms with van der Waals surface area (Å²) in [6.45, 7) is 4.01. The minimum Gasteiger partial charge on any atom is -0.341 e. The molecule has 0 saturated carbocycles. The van der Waals surface area contributed by atoms with Gasteiger partial charge in [-0.05, 0) is 32.0 Å². The molecule has 0 radical (unpaired) electrons. The molecule has 6 heteroatoms. The molecule has 2 aromatic rings. The first kappa shape index (κ1) is 12.6. The average Bonchev–Trinajstić information content (AvgIpc) is 2.77. The molecule has 0 bridgehead atoms. The third-order valence-corrected chi connectivity index (χ3v) is 2.63. The number of hydrogen-bond acceptors (Lipinski definition) is 3. The smallest absolute Gasteiger partial charge is 0.274 e. The molecule has 0 spiro atoms. The molecule has 0 saturated heterocycles. The number of carbonyl (C=O) groups excluding carboxylic acids is 1. The highest BCUT2D eigenvalue weighted by molar-refractivity contribution is 6.29. The van der Waals surface area contributed by atoms with Gasteiger partial charge in [0.05, 0.1) is 0 Å². The van der Waals surface area contributed by atoms with Crippen LogP contribution in [0.4, 0.5) is 5.95 Å². The van der Waals surface area contributed by atoms with Crippen molar-refractivity contribution in [1.29, 1.82) is 0 Å². The summed E-state index contributed by atoms with van der Waals surface area (Å²) in [5, 5.41) is 2.91. The Kier molecular flexibility index (Phi) is 3.62. The minimum absolute atomic E-state index is 0.198. The van der Waals surface area contributed by atoms with Crippen LogP contribution < -0.4 is 5.32 Å². The predicted molar refractivity (Wildman–Crippen MR) is 69.8 cm³/mol. The minimum atomic E-state index is -0.254. The maximum Gasteiger partial charge on any atom is 0.274 e. The number of anilines is 1. The number of amides is 1. The van der Waals surface area contributed by atoms with Gasteiger partial charge in [-0.25, -0.2) is 9.97 Å². The Morgan fingerprint density at radius 1 is 1.44 bits per heavy atom. The third-order valence-electron chi connectivity index (χ3n) is 2.41. The molecule has 2 heterocycles. The Morgan fingerprint density at radius 3 is 2.89 bits per heavy atom. The van der Waals surface area contributed by atoms with Crippen LogP contribution in [0.15, 0.2) is 30.6 Å². The van der Waals surface area contributed by atoms with Crippen molar-refractivity contribution in [2.24, 2.45) is 0 Å². The summed E-state index contributed by atoms with van der Waals surface area (Å²) in [7, 11) is 0. The summed E-state index contributed by atoms with van der Waals surface area (Å²) >= 11 is 5.73. The molecule has 1 amide bonds. The Morgan fingerprint density at radius 2 is 2.22 bits per heavy atom. The highest BCUT2D eigenvalue weighted by Gasteiger charge is 2.13. The van der Waals surface area contributed by atoms with E-state index in [0.29, 0.717) is 10.8 Å². The molecule has 0 aliphatic carbocycles. The van der Waals surface area contributed by atoms with Crippen molar-refractivity contribution in [3.63, 3.8) is 0 Å². The Balaban J connectivity index is 2.20. The van der Waals surface area contributed by atoms with Crippen molar-refractivity contribution >= 4 is 23.5 Å². The van der Waals surface area contributed by atoms with E-state index in [1.165, 1.54) is 6.20 Å². The van der Waals surface area contributed by atoms with Crippen LogP contribution in [0.3, 0.4) is 0 Å². The van der Waals surface area contributed by atoms with Crippen molar-refractivity contribution in [2.45, 2.75) is 19.9 Å². The fourth-order valence-corrected chi connectivity index (χ4v) is 1.74. The van der Waals surface area contributed by atoms with Crippen LogP contribution in [0.2, 0.25) is 5.15 Å². The van der Waals surface area contributed by atoms with E-state index in [1.54, 1.807) is 12.1 Å². The first-order valence-electron chi connectivity index (χ1n) is 5.54. The molecule has 0 atom stereocenters. The Hall–Kier alpha value is -1.88. The number of nitrogens with zero attached hydrogens (tertiary/aromatic N) is 3. The summed E-state index contributed by atoms with van der Waals surface area (Å²) in [5.41, 5.74) is 0.563. The first-order valence-corrected chi connectivity index (χ1v) is 5.92. The average molecular weight is 265 g/mol. The standard InChI is InChI=1S/C12H13ClN4O/c1-8(2)17-7-3-4-9(17)11(18)16-12-14-6-5-10(13)15-12/h3-8H,1-2H3,(H,14,15,16,18). The number of hydrogen-bond donors (Lipinski definition) is 1. The van der Waals surface area contributed by atoms with Gasteiger partial charge >= 0.3 is 0 Å². The maximum absolute atomic E-state index is 12.1. The second-order valence-corrected chi connectivity index (χ2v) is 4.44. The number of nitrogens with one attached hydrogen (secondary N) is 1. The summed E-state index contributed by atoms with van der Waals surface area (Å²) in [5.74, 6) is -0.0556. The van der Waals surface area contributed by atoms with Crippen molar-refractivity contribution in [3.8, 4) is 0 Å². The lowest BCUT2D eigenvalue weighted by molar-refractivity contribution is 0.101. The first-order chi connectivity index (χ1) is 8.58. The molecule has 2 aromatic heterocycles. The van der Waals surface area contributed by atoms with Crippen molar-refractivity contribution in [2.75, 3.05) is 5.32 Å². The van der Waals surface area contributed by atoms with Crippen LogP contribution in [0, 0.1) is 0 Å². The van der Waals surface area contributed by atoms with E-state index in [4.69, 9.17) is 11.6 Å². The van der Waals surface area contributed by atoms with Gasteiger partial charge in [0.15, 0.2) is 0 Å². The van der Waals surface area contributed by atoms with Gasteiger partial charge in [-0.3, -0.25) is 10.1 Å². The van der Waals surface area contributed by atoms with E-state index < -0.39 is 0 Å². The van der Waals surface area contributed by atoms with Crippen LogP contribution in [0.5, 0.6) is 0 Å². The lowest BCUT2D eigenvalue weighted by Gasteiger charge is -2.12. The largest absolute Gasteiger partial charge is 0.341 e. The fourth-order valence-electron chi connectivity index (χ4n) is 1.60. The second kappa shape index (κ2) is 5.18. The zero-order valence-corrected chi connectivity index (χ0v) is 10.8. The van der Waals surface area contributed by atoms with Crippen LogP contribution >= 0.6 is 11.6 Å². The molecule has 1 N–H and O–H groups in total. The molecule has 0 aromatic carbocycles. The molecule has 94 valence electrons. The lowest BCUT2D eigenvalue weighted by atomic mass is 10.3. The highest BCUT2D eigenvalue weighted by atomic mass is 35.5. The van der Waals surface area contributed by atoms with Crippen molar-refractivity contribution in [3.05, 3.63) is 41.4 Å². The quantitative estimate of drug-likeness (QED) is 0.867. The van der Waals surface area contributed by atoms with E-state index >= 15 is 0 Å². The van der Waals surface area contributed by atoms with Crippen LogP contribution in [-0.2, 0) is 0 Å². The van der Waals surface area contributed by atoms with Gasteiger partial charge in [0.25, 0.3) is 5.91 Å². The monoisotopic (exact) mass is 264 g/mol. The Bertz CT molecular complexity index is 565. The topological polar surface area (TPSA) is 59.8 Å². The van der Waals surface area contributed by atoms with Gasteiger partial charge in [-0.15, -0.1) is 0 Å². The summed E-state index contributed by atoms with van der Waals surface area (Å²) < 4.78 is 1.87. The van der Waals surface area contributed by atoms with Gasteiger partial charge in [0.1, 0.15) is 10.8 Å². The number of rotatable bonds is 3. The second-order valence-electron chi connectivity index (χ2n) is 4.05. The number of carbonyl (C=O) groups is 1. The maximum atomic E-state index is 12.1. The normalized spacial score (nSPS) is 10.7. The Labute approximate surface area is 110 Å². The predicted octanol–water partition coefficient (Wildman–Crippen LogP) is 2.76. The van der Waals surface area contributed by atoms with E-state index in [-0.39, 0.29) is 17.9 Å². The molecule has 5 nitrogen and oxygen atoms in total. The van der Waals surface area contributed by atoms with E-state index in [0.717, 1.165) is 0 Å². The van der Waals surface area contributed by atoms with Crippen molar-refractivity contribution < 1.29 is 4.79 Å². The molecule has 2 rings (SSSR count). The molecular formula is C12H13ClN4O. The number of aromatic nitrogens is 3. The number of halogens is 1. The molecule has 0 aliphatic heterocycles.